The molecule has 5 rings (SSSR count). The summed E-state index contributed by atoms with van der Waals surface area (Å²) in [5.74, 6) is 0.429. The number of aliphatic hydroxyl groups excluding tert-OH is 1. The second-order valence-electron chi connectivity index (χ2n) is 7.83. The quantitative estimate of drug-likeness (QED) is 0.649. The number of ether oxygens (including phenoxy) is 3. The molecule has 1 aromatic heterocycles. The summed E-state index contributed by atoms with van der Waals surface area (Å²) in [6, 6.07) is 10.1. The lowest BCUT2D eigenvalue weighted by Crippen LogP contribution is -2.19. The molecule has 0 saturated carbocycles. The van der Waals surface area contributed by atoms with Crippen LogP contribution in [0.3, 0.4) is 0 Å². The second-order valence-corrected chi connectivity index (χ2v) is 7.83. The van der Waals surface area contributed by atoms with E-state index in [0.29, 0.717) is 35.7 Å². The van der Waals surface area contributed by atoms with Crippen molar-refractivity contribution in [1.29, 1.82) is 0 Å². The maximum atomic E-state index is 12.8. The van der Waals surface area contributed by atoms with Gasteiger partial charge in [0.25, 0.3) is 0 Å². The Balaban J connectivity index is 1.82. The van der Waals surface area contributed by atoms with Crippen LogP contribution >= 0.6 is 0 Å². The van der Waals surface area contributed by atoms with Gasteiger partial charge in [0.05, 0.1) is 31.9 Å². The fourth-order valence-corrected chi connectivity index (χ4v) is 4.87. The van der Waals surface area contributed by atoms with Crippen molar-refractivity contribution in [3.05, 3.63) is 69.4 Å². The van der Waals surface area contributed by atoms with E-state index in [1.807, 2.05) is 19.1 Å². The monoisotopic (exact) mass is 405 g/mol. The molecule has 0 fully saturated rings. The van der Waals surface area contributed by atoms with Gasteiger partial charge in [-0.25, -0.2) is 4.79 Å². The number of carbonyl (C=O) groups is 1. The molecule has 0 amide bonds. The number of methoxy groups -OCH3 is 2. The molecule has 2 heterocycles. The number of aryl methyl sites for hydroxylation is 1. The van der Waals surface area contributed by atoms with Crippen LogP contribution in [0.4, 0.5) is 0 Å². The summed E-state index contributed by atoms with van der Waals surface area (Å²) in [5, 5.41) is 11.1. The summed E-state index contributed by atoms with van der Waals surface area (Å²) in [6.45, 7) is 2.15. The Hall–Kier alpha value is -3.25. The minimum atomic E-state index is -0.314. The standard InChI is InChI=1S/C24H23NO5/c1-12-6-14-5-4-13-7-17-11-30-24(27)21(17)19(20(13)22(14)25-12)15-8-16(10-26)23(29-3)18(9-15)28-2/h4-6,8-9,19,25-26H,7,10-11H2,1-3H3. The van der Waals surface area contributed by atoms with Crippen LogP contribution < -0.4 is 9.47 Å². The number of rotatable bonds is 4. The van der Waals surface area contributed by atoms with Gasteiger partial charge >= 0.3 is 5.97 Å². The SMILES string of the molecule is COc1cc(C2C3=C(COC3=O)Cc3ccc4cc(C)[nH]c4c32)cc(CO)c1OC. The van der Waals surface area contributed by atoms with Crippen molar-refractivity contribution >= 4 is 16.9 Å². The van der Waals surface area contributed by atoms with E-state index in [-0.39, 0.29) is 18.5 Å². The highest BCUT2D eigenvalue weighted by atomic mass is 16.5. The van der Waals surface area contributed by atoms with E-state index in [2.05, 4.69) is 23.2 Å². The number of esters is 1. The van der Waals surface area contributed by atoms with E-state index >= 15 is 0 Å². The number of aromatic amines is 1. The van der Waals surface area contributed by atoms with Crippen LogP contribution in [-0.4, -0.2) is 36.9 Å². The highest BCUT2D eigenvalue weighted by Crippen LogP contribution is 2.48. The third kappa shape index (κ3) is 2.64. The van der Waals surface area contributed by atoms with Gasteiger partial charge in [-0.1, -0.05) is 12.1 Å². The molecular weight excluding hydrogens is 382 g/mol. The van der Waals surface area contributed by atoms with Crippen LogP contribution in [-0.2, 0) is 22.6 Å². The lowest BCUT2D eigenvalue weighted by Gasteiger charge is -2.28. The number of aliphatic hydroxyl groups is 1. The van der Waals surface area contributed by atoms with Crippen LogP contribution in [0, 0.1) is 6.92 Å². The van der Waals surface area contributed by atoms with Gasteiger partial charge in [-0.15, -0.1) is 0 Å². The van der Waals surface area contributed by atoms with E-state index in [1.54, 1.807) is 14.2 Å². The molecule has 1 aliphatic heterocycles. The average Bonchev–Trinajstić information content (AvgIpc) is 3.32. The number of fused-ring (bicyclic) bond motifs is 3. The molecule has 2 N–H and O–H groups in total. The van der Waals surface area contributed by atoms with Crippen molar-refractivity contribution in [1.82, 2.24) is 4.98 Å². The minimum absolute atomic E-state index is 0.199. The van der Waals surface area contributed by atoms with E-state index in [4.69, 9.17) is 14.2 Å². The molecule has 1 unspecified atom stereocenters. The number of hydrogen-bond donors (Lipinski definition) is 2. The zero-order valence-corrected chi connectivity index (χ0v) is 17.2. The fraction of sp³-hybridized carbons (Fsp3) is 0.292. The number of carbonyl (C=O) groups excluding carboxylic acids is 1. The summed E-state index contributed by atoms with van der Waals surface area (Å²) < 4.78 is 16.4. The first-order valence-electron chi connectivity index (χ1n) is 9.91. The van der Waals surface area contributed by atoms with Crippen LogP contribution in [0.2, 0.25) is 0 Å². The number of aromatic nitrogens is 1. The summed E-state index contributed by atoms with van der Waals surface area (Å²) in [4.78, 5) is 16.3. The fourth-order valence-electron chi connectivity index (χ4n) is 4.87. The first-order valence-corrected chi connectivity index (χ1v) is 9.91. The maximum absolute atomic E-state index is 12.8. The first kappa shape index (κ1) is 18.8. The predicted molar refractivity (Wildman–Crippen MR) is 112 cm³/mol. The summed E-state index contributed by atoms with van der Waals surface area (Å²) >= 11 is 0. The van der Waals surface area contributed by atoms with Gasteiger partial charge in [-0.05, 0) is 59.2 Å². The Morgan fingerprint density at radius 3 is 2.77 bits per heavy atom. The van der Waals surface area contributed by atoms with Crippen LogP contribution in [0.25, 0.3) is 10.9 Å². The Labute approximate surface area is 174 Å². The van der Waals surface area contributed by atoms with E-state index in [1.165, 1.54) is 5.56 Å². The number of nitrogens with one attached hydrogen (secondary N) is 1. The molecule has 3 aromatic rings. The number of hydrogen-bond acceptors (Lipinski definition) is 5. The summed E-state index contributed by atoms with van der Waals surface area (Å²) in [5.41, 5.74) is 7.53. The van der Waals surface area contributed by atoms with E-state index in [0.717, 1.165) is 33.3 Å². The van der Waals surface area contributed by atoms with Crippen LogP contribution in [0.1, 0.15) is 33.9 Å². The largest absolute Gasteiger partial charge is 0.493 e. The molecule has 6 nitrogen and oxygen atoms in total. The van der Waals surface area contributed by atoms with Crippen LogP contribution in [0.5, 0.6) is 11.5 Å². The molecule has 0 bridgehead atoms. The average molecular weight is 405 g/mol. The molecule has 6 heteroatoms. The lowest BCUT2D eigenvalue weighted by atomic mass is 9.74. The van der Waals surface area contributed by atoms with Gasteiger partial charge in [-0.2, -0.15) is 0 Å². The van der Waals surface area contributed by atoms with Crippen molar-refractivity contribution in [3.63, 3.8) is 0 Å². The van der Waals surface area contributed by atoms with Crippen molar-refractivity contribution in [2.24, 2.45) is 0 Å². The second kappa shape index (κ2) is 6.92. The van der Waals surface area contributed by atoms with Gasteiger partial charge in [-0.3, -0.25) is 0 Å². The highest BCUT2D eigenvalue weighted by Gasteiger charge is 2.39. The number of cyclic esters (lactones) is 1. The Bertz CT molecular complexity index is 1190. The van der Waals surface area contributed by atoms with Crippen molar-refractivity contribution in [3.8, 4) is 11.5 Å². The topological polar surface area (TPSA) is 80.8 Å². The van der Waals surface area contributed by atoms with Gasteiger partial charge < -0.3 is 24.3 Å². The first-order chi connectivity index (χ1) is 14.5. The smallest absolute Gasteiger partial charge is 0.335 e. The van der Waals surface area contributed by atoms with Crippen LogP contribution in [0.15, 0.2) is 41.5 Å². The Kier molecular flexibility index (Phi) is 4.33. The molecule has 0 saturated heterocycles. The summed E-state index contributed by atoms with van der Waals surface area (Å²) in [7, 11) is 3.12. The minimum Gasteiger partial charge on any atom is -0.493 e. The molecule has 30 heavy (non-hydrogen) atoms. The molecule has 2 aromatic carbocycles. The van der Waals surface area contributed by atoms with E-state index in [9.17, 15) is 9.90 Å². The van der Waals surface area contributed by atoms with Crippen molar-refractivity contribution < 1.29 is 24.1 Å². The Morgan fingerprint density at radius 2 is 2.03 bits per heavy atom. The zero-order chi connectivity index (χ0) is 21.0. The predicted octanol–water partition coefficient (Wildman–Crippen LogP) is 3.53. The van der Waals surface area contributed by atoms with Gasteiger partial charge in [0.15, 0.2) is 11.5 Å². The molecular formula is C24H23NO5. The molecule has 1 atom stereocenters. The highest BCUT2D eigenvalue weighted by molar-refractivity contribution is 5.98. The van der Waals surface area contributed by atoms with Crippen molar-refractivity contribution in [2.75, 3.05) is 20.8 Å². The zero-order valence-electron chi connectivity index (χ0n) is 17.2. The molecule has 1 aliphatic carbocycles. The van der Waals surface area contributed by atoms with Gasteiger partial charge in [0.2, 0.25) is 0 Å². The van der Waals surface area contributed by atoms with E-state index < -0.39 is 0 Å². The number of H-pyrrole nitrogens is 1. The molecule has 0 radical (unpaired) electrons. The molecule has 0 spiro atoms. The van der Waals surface area contributed by atoms with Crippen molar-refractivity contribution in [2.45, 2.75) is 25.9 Å². The Morgan fingerprint density at radius 1 is 1.20 bits per heavy atom. The number of benzene rings is 2. The summed E-state index contributed by atoms with van der Waals surface area (Å²) in [6.07, 6.45) is 0.695. The lowest BCUT2D eigenvalue weighted by molar-refractivity contribution is -0.136. The van der Waals surface area contributed by atoms with Gasteiger partial charge in [0.1, 0.15) is 6.61 Å². The molecule has 154 valence electrons. The maximum Gasteiger partial charge on any atom is 0.335 e. The third-order valence-electron chi connectivity index (χ3n) is 6.10. The molecule has 2 aliphatic rings. The normalized spacial score (nSPS) is 17.7. The third-order valence-corrected chi connectivity index (χ3v) is 6.10. The van der Waals surface area contributed by atoms with Gasteiger partial charge in [0, 0.05) is 17.2 Å².